The Labute approximate surface area is 190 Å². The van der Waals surface area contributed by atoms with Gasteiger partial charge in [0.2, 0.25) is 11.7 Å². The Hall–Kier alpha value is -4.20. The van der Waals surface area contributed by atoms with E-state index in [4.69, 9.17) is 14.0 Å². The summed E-state index contributed by atoms with van der Waals surface area (Å²) in [6, 6.07) is 19.7. The van der Waals surface area contributed by atoms with Crippen LogP contribution in [0.2, 0.25) is 0 Å². The molecule has 0 spiro atoms. The molecule has 0 saturated carbocycles. The molecule has 1 N–H and O–H groups in total. The molecular formula is C25H22FN3O4. The van der Waals surface area contributed by atoms with Crippen molar-refractivity contribution in [2.75, 3.05) is 14.2 Å². The highest BCUT2D eigenvalue weighted by molar-refractivity contribution is 5.94. The van der Waals surface area contributed by atoms with Crippen LogP contribution in [0.4, 0.5) is 4.39 Å². The van der Waals surface area contributed by atoms with Crippen LogP contribution in [0.25, 0.3) is 11.4 Å². The molecule has 1 amide bonds. The van der Waals surface area contributed by atoms with E-state index in [0.717, 1.165) is 5.56 Å². The molecule has 4 aromatic rings. The molecule has 0 saturated heterocycles. The van der Waals surface area contributed by atoms with E-state index in [1.54, 1.807) is 38.5 Å². The number of methoxy groups -OCH3 is 2. The first-order valence-corrected chi connectivity index (χ1v) is 10.2. The molecule has 168 valence electrons. The van der Waals surface area contributed by atoms with Crippen molar-refractivity contribution in [1.82, 2.24) is 15.5 Å². The molecule has 7 nitrogen and oxygen atoms in total. The summed E-state index contributed by atoms with van der Waals surface area (Å²) in [5, 5.41) is 6.96. The molecule has 0 unspecified atom stereocenters. The summed E-state index contributed by atoms with van der Waals surface area (Å²) < 4.78 is 29.7. The second-order valence-corrected chi connectivity index (χ2v) is 7.25. The van der Waals surface area contributed by atoms with E-state index >= 15 is 0 Å². The number of nitrogens with zero attached hydrogens (tertiary/aromatic N) is 2. The van der Waals surface area contributed by atoms with Gasteiger partial charge in [0, 0.05) is 17.5 Å². The lowest BCUT2D eigenvalue weighted by atomic mass is 10.1. The monoisotopic (exact) mass is 447 g/mol. The highest BCUT2D eigenvalue weighted by Crippen LogP contribution is 2.31. The minimum atomic E-state index is -0.621. The van der Waals surface area contributed by atoms with Crippen molar-refractivity contribution in [2.45, 2.75) is 12.5 Å². The number of hydrogen-bond donors (Lipinski definition) is 1. The zero-order valence-electron chi connectivity index (χ0n) is 18.1. The Bertz CT molecular complexity index is 1240. The summed E-state index contributed by atoms with van der Waals surface area (Å²) in [6.45, 7) is 0. The average Bonchev–Trinajstić information content (AvgIpc) is 3.34. The number of rotatable bonds is 8. The first kappa shape index (κ1) is 22.0. The zero-order valence-corrected chi connectivity index (χ0v) is 18.1. The molecule has 0 aliphatic heterocycles. The Morgan fingerprint density at radius 1 is 1.00 bits per heavy atom. The SMILES string of the molecule is COc1ccc(-c2noc([C@@H](Cc3ccccc3)NC(=O)c3cccc(F)c3)n2)cc1OC. The lowest BCUT2D eigenvalue weighted by molar-refractivity contribution is 0.0927. The van der Waals surface area contributed by atoms with Crippen molar-refractivity contribution in [3.8, 4) is 22.9 Å². The van der Waals surface area contributed by atoms with Crippen LogP contribution in [-0.4, -0.2) is 30.3 Å². The van der Waals surface area contributed by atoms with Gasteiger partial charge in [-0.1, -0.05) is 41.6 Å². The average molecular weight is 447 g/mol. The predicted octanol–water partition coefficient (Wildman–Crippen LogP) is 4.61. The molecule has 0 aliphatic carbocycles. The molecule has 8 heteroatoms. The van der Waals surface area contributed by atoms with Crippen molar-refractivity contribution in [1.29, 1.82) is 0 Å². The lowest BCUT2D eigenvalue weighted by Gasteiger charge is -2.15. The molecule has 1 aromatic heterocycles. The van der Waals surface area contributed by atoms with E-state index in [1.807, 2.05) is 30.3 Å². The highest BCUT2D eigenvalue weighted by Gasteiger charge is 2.23. The number of hydrogen-bond acceptors (Lipinski definition) is 6. The molecule has 0 aliphatic rings. The number of carbonyl (C=O) groups is 1. The van der Waals surface area contributed by atoms with Crippen LogP contribution in [0.5, 0.6) is 11.5 Å². The first-order chi connectivity index (χ1) is 16.1. The number of carbonyl (C=O) groups excluding carboxylic acids is 1. The molecular weight excluding hydrogens is 425 g/mol. The number of aromatic nitrogens is 2. The minimum Gasteiger partial charge on any atom is -0.493 e. The summed E-state index contributed by atoms with van der Waals surface area (Å²) in [4.78, 5) is 17.3. The van der Waals surface area contributed by atoms with Gasteiger partial charge in [-0.15, -0.1) is 0 Å². The van der Waals surface area contributed by atoms with Gasteiger partial charge in [-0.3, -0.25) is 4.79 Å². The van der Waals surface area contributed by atoms with Crippen molar-refractivity contribution in [3.63, 3.8) is 0 Å². The molecule has 33 heavy (non-hydrogen) atoms. The highest BCUT2D eigenvalue weighted by atomic mass is 19.1. The standard InChI is InChI=1S/C25H22FN3O4/c1-31-21-12-11-17(15-22(21)32-2)23-28-25(33-29-23)20(13-16-7-4-3-5-8-16)27-24(30)18-9-6-10-19(26)14-18/h3-12,14-15,20H,13H2,1-2H3,(H,27,30)/t20-/m1/s1. The fourth-order valence-electron chi connectivity index (χ4n) is 3.39. The second-order valence-electron chi connectivity index (χ2n) is 7.25. The van der Waals surface area contributed by atoms with Gasteiger partial charge in [-0.25, -0.2) is 4.39 Å². The van der Waals surface area contributed by atoms with E-state index in [1.165, 1.54) is 18.2 Å². The molecule has 3 aromatic carbocycles. The van der Waals surface area contributed by atoms with Crippen molar-refractivity contribution >= 4 is 5.91 Å². The van der Waals surface area contributed by atoms with Gasteiger partial charge >= 0.3 is 0 Å². The maximum Gasteiger partial charge on any atom is 0.252 e. The number of nitrogens with one attached hydrogen (secondary N) is 1. The van der Waals surface area contributed by atoms with Gasteiger partial charge < -0.3 is 19.3 Å². The van der Waals surface area contributed by atoms with Gasteiger partial charge in [0.1, 0.15) is 11.9 Å². The van der Waals surface area contributed by atoms with Crippen molar-refractivity contribution in [2.24, 2.45) is 0 Å². The number of benzene rings is 3. The number of amides is 1. The minimum absolute atomic E-state index is 0.202. The Kier molecular flexibility index (Phi) is 6.64. The van der Waals surface area contributed by atoms with Gasteiger partial charge in [0.15, 0.2) is 11.5 Å². The van der Waals surface area contributed by atoms with Crippen molar-refractivity contribution < 1.29 is 23.2 Å². The third-order valence-corrected chi connectivity index (χ3v) is 5.06. The quantitative estimate of drug-likeness (QED) is 0.425. The maximum atomic E-state index is 13.6. The van der Waals surface area contributed by atoms with E-state index in [0.29, 0.717) is 29.3 Å². The molecule has 0 bridgehead atoms. The van der Waals surface area contributed by atoms with Crippen LogP contribution in [-0.2, 0) is 6.42 Å². The molecule has 0 fully saturated rings. The Morgan fingerprint density at radius 2 is 1.79 bits per heavy atom. The van der Waals surface area contributed by atoms with Gasteiger partial charge in [0.05, 0.1) is 14.2 Å². The van der Waals surface area contributed by atoms with Crippen molar-refractivity contribution in [3.05, 3.63) is 95.6 Å². The largest absolute Gasteiger partial charge is 0.493 e. The van der Waals surface area contributed by atoms with Crippen LogP contribution in [0, 0.1) is 5.82 Å². The second kappa shape index (κ2) is 9.95. The van der Waals surface area contributed by atoms with Crippen LogP contribution >= 0.6 is 0 Å². The normalized spacial score (nSPS) is 11.6. The topological polar surface area (TPSA) is 86.5 Å². The summed E-state index contributed by atoms with van der Waals surface area (Å²) in [7, 11) is 3.10. The molecule has 4 rings (SSSR count). The first-order valence-electron chi connectivity index (χ1n) is 10.2. The summed E-state index contributed by atoms with van der Waals surface area (Å²) >= 11 is 0. The Morgan fingerprint density at radius 3 is 2.52 bits per heavy atom. The summed E-state index contributed by atoms with van der Waals surface area (Å²) in [5.41, 5.74) is 1.83. The third kappa shape index (κ3) is 5.17. The fraction of sp³-hybridized carbons (Fsp3) is 0.160. The van der Waals surface area contributed by atoms with Gasteiger partial charge in [0.25, 0.3) is 5.91 Å². The summed E-state index contributed by atoms with van der Waals surface area (Å²) in [6.07, 6.45) is 0.412. The molecule has 1 heterocycles. The Balaban J connectivity index is 1.63. The summed E-state index contributed by atoms with van der Waals surface area (Å²) in [5.74, 6) is 0.741. The van der Waals surface area contributed by atoms with Gasteiger partial charge in [-0.2, -0.15) is 4.98 Å². The lowest BCUT2D eigenvalue weighted by Crippen LogP contribution is -2.30. The van der Waals surface area contributed by atoms with Crippen LogP contribution in [0.1, 0.15) is 27.9 Å². The zero-order chi connectivity index (χ0) is 23.2. The molecule has 1 atom stereocenters. The molecule has 0 radical (unpaired) electrons. The fourth-order valence-corrected chi connectivity index (χ4v) is 3.39. The van der Waals surface area contributed by atoms with Crippen LogP contribution in [0.3, 0.4) is 0 Å². The number of ether oxygens (including phenoxy) is 2. The van der Waals surface area contributed by atoms with E-state index < -0.39 is 17.8 Å². The maximum absolute atomic E-state index is 13.6. The number of halogens is 1. The van der Waals surface area contributed by atoms with Gasteiger partial charge in [-0.05, 0) is 42.0 Å². The van der Waals surface area contributed by atoms with E-state index in [2.05, 4.69) is 15.5 Å². The van der Waals surface area contributed by atoms with Crippen LogP contribution < -0.4 is 14.8 Å². The predicted molar refractivity (Wildman–Crippen MR) is 120 cm³/mol. The van der Waals surface area contributed by atoms with E-state index in [9.17, 15) is 9.18 Å². The smallest absolute Gasteiger partial charge is 0.252 e. The van der Waals surface area contributed by atoms with Crippen LogP contribution in [0.15, 0.2) is 77.3 Å². The third-order valence-electron chi connectivity index (χ3n) is 5.06. The van der Waals surface area contributed by atoms with E-state index in [-0.39, 0.29) is 11.5 Å².